The smallest absolute Gasteiger partial charge is 0.227 e. The second-order valence-corrected chi connectivity index (χ2v) is 11.5. The molecule has 40 heavy (non-hydrogen) atoms. The number of ether oxygens (including phenoxy) is 1. The molecule has 0 radical (unpaired) electrons. The maximum atomic E-state index is 13.5. The summed E-state index contributed by atoms with van der Waals surface area (Å²) in [5.41, 5.74) is 8.15. The molecule has 1 aliphatic carbocycles. The Labute approximate surface area is 237 Å². The highest BCUT2D eigenvalue weighted by Gasteiger charge is 2.45. The van der Waals surface area contributed by atoms with E-state index in [0.29, 0.717) is 18.9 Å². The van der Waals surface area contributed by atoms with Gasteiger partial charge in [0.25, 0.3) is 0 Å². The van der Waals surface area contributed by atoms with Gasteiger partial charge in [-0.3, -0.25) is 10.6 Å². The monoisotopic (exact) mass is 547 g/mol. The molecule has 1 amide bonds. The van der Waals surface area contributed by atoms with E-state index in [9.17, 15) is 9.18 Å². The standard InChI is InChI=1S/C32H42FN5O2/c1-4-40-28-18-23(17-22(2)30(28)24-5-9-26(33)10-6-24)20-37-15-13-32(14-16-37)19-29(39)38(21-32)27-11-7-25(8-12-27)31(35-3)36-34/h5-12,18,23,31,35-36H,4,13-17,19-21,34H2,1-3H3. The summed E-state index contributed by atoms with van der Waals surface area (Å²) in [5, 5.41) is 3.12. The first-order valence-electron chi connectivity index (χ1n) is 14.4. The zero-order valence-corrected chi connectivity index (χ0v) is 23.9. The number of likely N-dealkylation sites (tertiary alicyclic amines) is 1. The molecule has 0 bridgehead atoms. The van der Waals surface area contributed by atoms with Gasteiger partial charge in [-0.1, -0.05) is 29.8 Å². The average Bonchev–Trinajstić information content (AvgIpc) is 3.27. The lowest BCUT2D eigenvalue weighted by Crippen LogP contribution is -2.43. The van der Waals surface area contributed by atoms with E-state index in [-0.39, 0.29) is 23.3 Å². The largest absolute Gasteiger partial charge is 0.494 e. The van der Waals surface area contributed by atoms with E-state index in [1.807, 2.05) is 55.3 Å². The number of nitrogens with zero attached hydrogens (tertiary/aromatic N) is 2. The molecule has 0 saturated carbocycles. The van der Waals surface area contributed by atoms with Crippen molar-refractivity contribution in [2.24, 2.45) is 17.2 Å². The molecule has 7 nitrogen and oxygen atoms in total. The third-order valence-electron chi connectivity index (χ3n) is 8.79. The molecule has 2 aromatic carbocycles. The lowest BCUT2D eigenvalue weighted by molar-refractivity contribution is -0.118. The normalized spacial score (nSPS) is 22.1. The van der Waals surface area contributed by atoms with E-state index in [4.69, 9.17) is 10.6 Å². The highest BCUT2D eigenvalue weighted by atomic mass is 19.1. The molecule has 3 aliphatic rings. The molecule has 2 unspecified atom stereocenters. The van der Waals surface area contributed by atoms with Crippen LogP contribution in [0.2, 0.25) is 0 Å². The van der Waals surface area contributed by atoms with Crippen molar-refractivity contribution >= 4 is 17.2 Å². The summed E-state index contributed by atoms with van der Waals surface area (Å²) in [6, 6.07) is 14.8. The number of carbonyl (C=O) groups excluding carboxylic acids is 1. The van der Waals surface area contributed by atoms with Crippen LogP contribution < -0.4 is 21.5 Å². The molecule has 2 saturated heterocycles. The molecule has 2 heterocycles. The van der Waals surface area contributed by atoms with Crippen LogP contribution in [0.25, 0.3) is 5.57 Å². The number of benzene rings is 2. The van der Waals surface area contributed by atoms with Gasteiger partial charge in [0.1, 0.15) is 11.6 Å². The summed E-state index contributed by atoms with van der Waals surface area (Å²) < 4.78 is 19.6. The van der Waals surface area contributed by atoms with Crippen LogP contribution in [0.3, 0.4) is 0 Å². The number of nitrogens with two attached hydrogens (primary N) is 1. The van der Waals surface area contributed by atoms with Crippen molar-refractivity contribution in [3.63, 3.8) is 0 Å². The number of carbonyl (C=O) groups is 1. The highest BCUT2D eigenvalue weighted by Crippen LogP contribution is 2.43. The van der Waals surface area contributed by atoms with Gasteiger partial charge >= 0.3 is 0 Å². The minimum Gasteiger partial charge on any atom is -0.494 e. The van der Waals surface area contributed by atoms with Crippen LogP contribution >= 0.6 is 0 Å². The number of hydrazine groups is 1. The van der Waals surface area contributed by atoms with E-state index in [0.717, 1.165) is 73.6 Å². The van der Waals surface area contributed by atoms with E-state index >= 15 is 0 Å². The number of allylic oxidation sites excluding steroid dienone is 2. The number of halogens is 1. The quantitative estimate of drug-likeness (QED) is 0.239. The van der Waals surface area contributed by atoms with E-state index < -0.39 is 0 Å². The SMILES string of the molecule is CCOC1=CC(CN2CCC3(CC2)CC(=O)N(c2ccc(C(NC)NN)cc2)C3)CC(C)=C1c1ccc(F)cc1. The minimum atomic E-state index is -0.229. The summed E-state index contributed by atoms with van der Waals surface area (Å²) in [4.78, 5) is 17.6. The summed E-state index contributed by atoms with van der Waals surface area (Å²) in [6.07, 6.45) is 5.76. The Morgan fingerprint density at radius 2 is 1.82 bits per heavy atom. The summed E-state index contributed by atoms with van der Waals surface area (Å²) in [6.45, 7) is 8.51. The van der Waals surface area contributed by atoms with Crippen molar-refractivity contribution in [3.05, 3.63) is 82.9 Å². The first-order valence-corrected chi connectivity index (χ1v) is 14.4. The lowest BCUT2D eigenvalue weighted by Gasteiger charge is -2.40. The van der Waals surface area contributed by atoms with Gasteiger partial charge in [-0.2, -0.15) is 0 Å². The fraction of sp³-hybridized carbons (Fsp3) is 0.469. The third kappa shape index (κ3) is 6.00. The van der Waals surface area contributed by atoms with Gasteiger partial charge in [0.05, 0.1) is 12.8 Å². The predicted octanol–water partition coefficient (Wildman–Crippen LogP) is 4.74. The van der Waals surface area contributed by atoms with Crippen LogP contribution in [0, 0.1) is 17.2 Å². The molecule has 2 aromatic rings. The van der Waals surface area contributed by atoms with Crippen molar-refractivity contribution in [2.45, 2.75) is 45.7 Å². The van der Waals surface area contributed by atoms with Crippen LogP contribution in [-0.4, -0.2) is 50.6 Å². The van der Waals surface area contributed by atoms with E-state index in [1.165, 1.54) is 17.7 Å². The van der Waals surface area contributed by atoms with Crippen LogP contribution in [-0.2, 0) is 9.53 Å². The second-order valence-electron chi connectivity index (χ2n) is 11.5. The number of hydrogen-bond donors (Lipinski definition) is 3. The second kappa shape index (κ2) is 12.2. The van der Waals surface area contributed by atoms with Crippen molar-refractivity contribution < 1.29 is 13.9 Å². The number of amides is 1. The number of rotatable bonds is 9. The van der Waals surface area contributed by atoms with Gasteiger partial charge in [-0.25, -0.2) is 9.82 Å². The Morgan fingerprint density at radius 1 is 1.12 bits per heavy atom. The first-order chi connectivity index (χ1) is 19.3. The van der Waals surface area contributed by atoms with Crippen molar-refractivity contribution in [3.8, 4) is 0 Å². The molecular formula is C32H42FN5O2. The molecular weight excluding hydrogens is 505 g/mol. The van der Waals surface area contributed by atoms with Gasteiger partial charge < -0.3 is 19.9 Å². The lowest BCUT2D eigenvalue weighted by atomic mass is 9.77. The van der Waals surface area contributed by atoms with Crippen LogP contribution in [0.1, 0.15) is 56.8 Å². The Kier molecular flexibility index (Phi) is 8.71. The topological polar surface area (TPSA) is 82.9 Å². The van der Waals surface area contributed by atoms with E-state index in [2.05, 4.69) is 28.6 Å². The van der Waals surface area contributed by atoms with Crippen LogP contribution in [0.15, 0.2) is 65.9 Å². The number of nitrogens with one attached hydrogen (secondary N) is 2. The molecule has 2 fully saturated rings. The first kappa shape index (κ1) is 28.5. The highest BCUT2D eigenvalue weighted by molar-refractivity contribution is 5.96. The third-order valence-corrected chi connectivity index (χ3v) is 8.79. The molecule has 4 N–H and O–H groups in total. The zero-order chi connectivity index (χ0) is 28.3. The molecule has 214 valence electrons. The maximum absolute atomic E-state index is 13.5. The number of piperidine rings is 1. The van der Waals surface area contributed by atoms with Crippen molar-refractivity contribution in [1.29, 1.82) is 0 Å². The van der Waals surface area contributed by atoms with Crippen LogP contribution in [0.4, 0.5) is 10.1 Å². The maximum Gasteiger partial charge on any atom is 0.227 e. The number of hydrogen-bond acceptors (Lipinski definition) is 6. The average molecular weight is 548 g/mol. The Balaban J connectivity index is 1.20. The Bertz CT molecular complexity index is 1250. The number of anilines is 1. The molecule has 1 spiro atoms. The van der Waals surface area contributed by atoms with Crippen molar-refractivity contribution in [1.82, 2.24) is 15.6 Å². The summed E-state index contributed by atoms with van der Waals surface area (Å²) >= 11 is 0. The van der Waals surface area contributed by atoms with Crippen molar-refractivity contribution in [2.75, 3.05) is 44.7 Å². The fourth-order valence-corrected chi connectivity index (χ4v) is 6.66. The summed E-state index contributed by atoms with van der Waals surface area (Å²) in [7, 11) is 1.85. The van der Waals surface area contributed by atoms with E-state index in [1.54, 1.807) is 0 Å². The molecule has 2 aliphatic heterocycles. The van der Waals surface area contributed by atoms with Crippen LogP contribution in [0.5, 0.6) is 0 Å². The zero-order valence-electron chi connectivity index (χ0n) is 23.9. The fourth-order valence-electron chi connectivity index (χ4n) is 6.66. The Morgan fingerprint density at radius 3 is 2.45 bits per heavy atom. The van der Waals surface area contributed by atoms with Gasteiger partial charge in [0.2, 0.25) is 5.91 Å². The minimum absolute atomic E-state index is 0.0447. The molecule has 2 atom stereocenters. The summed E-state index contributed by atoms with van der Waals surface area (Å²) in [5.74, 6) is 6.88. The van der Waals surface area contributed by atoms with Gasteiger partial charge in [-0.05, 0) is 106 Å². The molecule has 5 rings (SSSR count). The molecule has 8 heteroatoms. The Hall–Kier alpha value is -3.04. The molecule has 0 aromatic heterocycles. The van der Waals surface area contributed by atoms with Gasteiger partial charge in [0, 0.05) is 30.8 Å². The van der Waals surface area contributed by atoms with Gasteiger partial charge in [-0.15, -0.1) is 0 Å². The van der Waals surface area contributed by atoms with Gasteiger partial charge in [0.15, 0.2) is 0 Å². The predicted molar refractivity (Wildman–Crippen MR) is 157 cm³/mol.